The molecule has 0 spiro atoms. The van der Waals surface area contributed by atoms with Gasteiger partial charge in [0, 0.05) is 31.9 Å². The third-order valence-electron chi connectivity index (χ3n) is 5.33. The molecule has 0 atom stereocenters. The van der Waals surface area contributed by atoms with Crippen LogP contribution in [0.15, 0.2) is 59.8 Å². The first-order chi connectivity index (χ1) is 13.6. The van der Waals surface area contributed by atoms with Gasteiger partial charge in [-0.05, 0) is 48.4 Å². The van der Waals surface area contributed by atoms with Gasteiger partial charge in [0.15, 0.2) is 0 Å². The number of pyridine rings is 1. The first-order valence-corrected chi connectivity index (χ1v) is 9.16. The van der Waals surface area contributed by atoms with Crippen LogP contribution < -0.4 is 10.5 Å². The fourth-order valence-electron chi connectivity index (χ4n) is 3.97. The highest BCUT2D eigenvalue weighted by Crippen LogP contribution is 2.27. The summed E-state index contributed by atoms with van der Waals surface area (Å²) in [5.74, 6) is -0.489. The zero-order valence-electron chi connectivity index (χ0n) is 15.0. The SMILES string of the molecule is O=C(CCn1c(=O)c2cccn2c2ccc(F)cc21)N1CCc2ccncc21. The molecule has 1 aliphatic rings. The molecule has 1 amide bonds. The van der Waals surface area contributed by atoms with Crippen molar-refractivity contribution in [3.05, 3.63) is 76.7 Å². The van der Waals surface area contributed by atoms with Crippen LogP contribution >= 0.6 is 0 Å². The van der Waals surface area contributed by atoms with Crippen molar-refractivity contribution >= 4 is 28.1 Å². The van der Waals surface area contributed by atoms with E-state index in [2.05, 4.69) is 4.98 Å². The van der Waals surface area contributed by atoms with Gasteiger partial charge >= 0.3 is 0 Å². The third-order valence-corrected chi connectivity index (χ3v) is 5.33. The summed E-state index contributed by atoms with van der Waals surface area (Å²) in [5.41, 5.74) is 3.40. The van der Waals surface area contributed by atoms with Crippen molar-refractivity contribution < 1.29 is 9.18 Å². The number of aromatic nitrogens is 3. The minimum absolute atomic E-state index is 0.0709. The van der Waals surface area contributed by atoms with E-state index in [1.165, 1.54) is 16.7 Å². The number of nitrogens with zero attached hydrogens (tertiary/aromatic N) is 4. The van der Waals surface area contributed by atoms with Gasteiger partial charge in [-0.25, -0.2) is 4.39 Å². The van der Waals surface area contributed by atoms with Crippen LogP contribution in [0.2, 0.25) is 0 Å². The molecule has 4 heterocycles. The van der Waals surface area contributed by atoms with E-state index >= 15 is 0 Å². The highest BCUT2D eigenvalue weighted by Gasteiger charge is 2.24. The van der Waals surface area contributed by atoms with E-state index in [1.807, 2.05) is 6.07 Å². The maximum Gasteiger partial charge on any atom is 0.275 e. The molecule has 0 bridgehead atoms. The van der Waals surface area contributed by atoms with E-state index in [1.54, 1.807) is 46.1 Å². The number of carbonyl (C=O) groups is 1. The molecule has 0 N–H and O–H groups in total. The summed E-state index contributed by atoms with van der Waals surface area (Å²) in [4.78, 5) is 31.6. The van der Waals surface area contributed by atoms with Gasteiger partial charge in [-0.15, -0.1) is 0 Å². The number of amides is 1. The normalized spacial score (nSPS) is 13.4. The lowest BCUT2D eigenvalue weighted by Gasteiger charge is -2.18. The Morgan fingerprint density at radius 2 is 2.04 bits per heavy atom. The van der Waals surface area contributed by atoms with Gasteiger partial charge in [0.25, 0.3) is 5.56 Å². The van der Waals surface area contributed by atoms with E-state index in [4.69, 9.17) is 0 Å². The van der Waals surface area contributed by atoms with Crippen molar-refractivity contribution in [2.75, 3.05) is 11.4 Å². The number of aryl methyl sites for hydroxylation is 1. The monoisotopic (exact) mass is 376 g/mol. The molecule has 0 aliphatic carbocycles. The molecule has 1 aromatic carbocycles. The molecular formula is C21H17FN4O2. The van der Waals surface area contributed by atoms with E-state index in [9.17, 15) is 14.0 Å². The number of halogens is 1. The first kappa shape index (κ1) is 16.7. The van der Waals surface area contributed by atoms with E-state index < -0.39 is 5.82 Å². The number of anilines is 1. The highest BCUT2D eigenvalue weighted by molar-refractivity contribution is 5.95. The summed E-state index contributed by atoms with van der Waals surface area (Å²) in [6.07, 6.45) is 6.15. The Bertz CT molecular complexity index is 1290. The summed E-state index contributed by atoms with van der Waals surface area (Å²) in [7, 11) is 0. The summed E-state index contributed by atoms with van der Waals surface area (Å²) in [6.45, 7) is 0.799. The molecule has 1 aliphatic heterocycles. The van der Waals surface area contributed by atoms with Crippen LogP contribution in [-0.4, -0.2) is 26.4 Å². The fourth-order valence-corrected chi connectivity index (χ4v) is 3.97. The standard InChI is InChI=1S/C21H17FN4O2/c22-15-3-4-16-18(12-15)26(21(28)17-2-1-9-24(16)17)11-7-20(27)25-10-6-14-5-8-23-13-19(14)25/h1-5,8-9,12-13H,6-7,10-11H2. The highest BCUT2D eigenvalue weighted by atomic mass is 19.1. The molecule has 140 valence electrons. The predicted molar refractivity (Wildman–Crippen MR) is 104 cm³/mol. The average Bonchev–Trinajstić information content (AvgIpc) is 3.35. The van der Waals surface area contributed by atoms with Gasteiger partial charge in [-0.1, -0.05) is 0 Å². The zero-order chi connectivity index (χ0) is 19.3. The van der Waals surface area contributed by atoms with Crippen molar-refractivity contribution in [3.63, 3.8) is 0 Å². The summed E-state index contributed by atoms with van der Waals surface area (Å²) in [6, 6.07) is 9.79. The second-order valence-corrected chi connectivity index (χ2v) is 6.90. The van der Waals surface area contributed by atoms with Crippen molar-refractivity contribution in [3.8, 4) is 0 Å². The topological polar surface area (TPSA) is 59.6 Å². The van der Waals surface area contributed by atoms with Crippen LogP contribution in [0.5, 0.6) is 0 Å². The lowest BCUT2D eigenvalue weighted by molar-refractivity contribution is -0.118. The molecule has 28 heavy (non-hydrogen) atoms. The van der Waals surface area contributed by atoms with Crippen molar-refractivity contribution in [2.24, 2.45) is 0 Å². The predicted octanol–water partition coefficient (Wildman–Crippen LogP) is 2.77. The molecule has 4 aromatic rings. The number of fused-ring (bicyclic) bond motifs is 4. The number of hydrogen-bond acceptors (Lipinski definition) is 3. The minimum Gasteiger partial charge on any atom is -0.310 e. The number of rotatable bonds is 3. The van der Waals surface area contributed by atoms with Crippen molar-refractivity contribution in [2.45, 2.75) is 19.4 Å². The minimum atomic E-state index is -0.418. The Morgan fingerprint density at radius 3 is 2.93 bits per heavy atom. The van der Waals surface area contributed by atoms with Gasteiger partial charge < -0.3 is 13.9 Å². The average molecular weight is 376 g/mol. The van der Waals surface area contributed by atoms with E-state index in [0.717, 1.165) is 23.2 Å². The lowest BCUT2D eigenvalue weighted by Crippen LogP contribution is -2.31. The second-order valence-electron chi connectivity index (χ2n) is 6.90. The van der Waals surface area contributed by atoms with Crippen LogP contribution in [0.1, 0.15) is 12.0 Å². The Labute approximate surface area is 159 Å². The molecule has 0 unspecified atom stereocenters. The molecular weight excluding hydrogens is 359 g/mol. The number of hydrogen-bond donors (Lipinski definition) is 0. The van der Waals surface area contributed by atoms with Crippen molar-refractivity contribution in [1.82, 2.24) is 14.0 Å². The molecule has 5 rings (SSSR count). The first-order valence-electron chi connectivity index (χ1n) is 9.16. The maximum absolute atomic E-state index is 13.9. The molecule has 0 saturated heterocycles. The molecule has 0 radical (unpaired) electrons. The van der Waals surface area contributed by atoms with E-state index in [-0.39, 0.29) is 24.4 Å². The lowest BCUT2D eigenvalue weighted by atomic mass is 10.2. The number of benzene rings is 1. The Kier molecular flexibility index (Phi) is 3.75. The Morgan fingerprint density at radius 1 is 1.14 bits per heavy atom. The van der Waals surface area contributed by atoms with E-state index in [0.29, 0.717) is 17.6 Å². The smallest absolute Gasteiger partial charge is 0.275 e. The zero-order valence-corrected chi connectivity index (χ0v) is 15.0. The summed E-state index contributed by atoms with van der Waals surface area (Å²) >= 11 is 0. The van der Waals surface area contributed by atoms with Gasteiger partial charge in [0.05, 0.1) is 22.9 Å². The molecule has 0 saturated carbocycles. The van der Waals surface area contributed by atoms with Gasteiger partial charge in [-0.2, -0.15) is 0 Å². The van der Waals surface area contributed by atoms with Crippen LogP contribution in [0, 0.1) is 5.82 Å². The van der Waals surface area contributed by atoms with Crippen LogP contribution in [-0.2, 0) is 17.8 Å². The van der Waals surface area contributed by atoms with Crippen LogP contribution in [0.25, 0.3) is 16.6 Å². The molecule has 7 heteroatoms. The largest absolute Gasteiger partial charge is 0.310 e. The molecule has 6 nitrogen and oxygen atoms in total. The third kappa shape index (κ3) is 2.51. The Hall–Kier alpha value is -3.48. The van der Waals surface area contributed by atoms with Gasteiger partial charge in [-0.3, -0.25) is 14.6 Å². The maximum atomic E-state index is 13.9. The quantitative estimate of drug-likeness (QED) is 0.552. The summed E-state index contributed by atoms with van der Waals surface area (Å²) in [5, 5.41) is 0. The summed E-state index contributed by atoms with van der Waals surface area (Å²) < 4.78 is 17.1. The second kappa shape index (κ2) is 6.30. The van der Waals surface area contributed by atoms with Crippen molar-refractivity contribution in [1.29, 1.82) is 0 Å². The number of carbonyl (C=O) groups excluding carboxylic acids is 1. The van der Waals surface area contributed by atoms with Gasteiger partial charge in [0.2, 0.25) is 5.91 Å². The van der Waals surface area contributed by atoms with Gasteiger partial charge in [0.1, 0.15) is 11.3 Å². The molecule has 3 aromatic heterocycles. The fraction of sp³-hybridized carbons (Fsp3) is 0.190. The van der Waals surface area contributed by atoms with Crippen LogP contribution in [0.3, 0.4) is 0 Å². The Balaban J connectivity index is 1.51. The molecule has 0 fully saturated rings. The van der Waals surface area contributed by atoms with Crippen LogP contribution in [0.4, 0.5) is 10.1 Å².